The van der Waals surface area contributed by atoms with Gasteiger partial charge in [-0.05, 0) is 43.2 Å². The molecule has 0 aromatic heterocycles. The summed E-state index contributed by atoms with van der Waals surface area (Å²) < 4.78 is 31.5. The van der Waals surface area contributed by atoms with Crippen molar-refractivity contribution in [2.45, 2.75) is 32.9 Å². The van der Waals surface area contributed by atoms with E-state index in [1.165, 1.54) is 24.1 Å². The average molecular weight is 565 g/mol. The zero-order valence-corrected chi connectivity index (χ0v) is 22.9. The van der Waals surface area contributed by atoms with E-state index >= 15 is 0 Å². The van der Waals surface area contributed by atoms with Gasteiger partial charge in [-0.15, -0.1) is 0 Å². The van der Waals surface area contributed by atoms with E-state index in [0.717, 1.165) is 10.6 Å². The third-order valence-corrected chi connectivity index (χ3v) is 7.31. The molecule has 0 bridgehead atoms. The molecule has 35 heavy (non-hydrogen) atoms. The van der Waals surface area contributed by atoms with Crippen LogP contribution in [-0.4, -0.2) is 57.6 Å². The lowest BCUT2D eigenvalue weighted by atomic mass is 10.1. The van der Waals surface area contributed by atoms with Gasteiger partial charge in [0.2, 0.25) is 21.8 Å². The quantitative estimate of drug-likeness (QED) is 0.409. The fraction of sp³-hybridized carbons (Fsp3) is 0.391. The number of hydrogen-bond donors (Lipinski definition) is 1. The summed E-state index contributed by atoms with van der Waals surface area (Å²) >= 11 is 18.3. The van der Waals surface area contributed by atoms with Crippen molar-refractivity contribution in [3.63, 3.8) is 0 Å². The lowest BCUT2D eigenvalue weighted by Crippen LogP contribution is -2.52. The van der Waals surface area contributed by atoms with Gasteiger partial charge in [-0.2, -0.15) is 0 Å². The minimum atomic E-state index is -3.97. The van der Waals surface area contributed by atoms with E-state index in [4.69, 9.17) is 39.5 Å². The molecule has 1 unspecified atom stereocenters. The number of carbonyl (C=O) groups is 2. The van der Waals surface area contributed by atoms with E-state index in [1.54, 1.807) is 38.1 Å². The van der Waals surface area contributed by atoms with Crippen molar-refractivity contribution >= 4 is 62.3 Å². The third-order valence-electron chi connectivity index (χ3n) is 5.16. The lowest BCUT2D eigenvalue weighted by Gasteiger charge is -2.33. The van der Waals surface area contributed by atoms with Crippen LogP contribution in [0.4, 0.5) is 5.69 Å². The Hall–Kier alpha value is -2.20. The van der Waals surface area contributed by atoms with Crippen LogP contribution in [0.5, 0.6) is 5.75 Å². The van der Waals surface area contributed by atoms with E-state index in [2.05, 4.69) is 5.32 Å². The molecule has 12 heteroatoms. The highest BCUT2D eigenvalue weighted by Crippen LogP contribution is 2.35. The summed E-state index contributed by atoms with van der Waals surface area (Å²) in [5, 5.41) is 2.96. The number of carbonyl (C=O) groups excluding carboxylic acids is 2. The minimum absolute atomic E-state index is 0.00399. The van der Waals surface area contributed by atoms with Crippen molar-refractivity contribution in [3.05, 3.63) is 57.0 Å². The van der Waals surface area contributed by atoms with Gasteiger partial charge in [0.15, 0.2) is 0 Å². The maximum Gasteiger partial charge on any atom is 0.244 e. The Morgan fingerprint density at radius 3 is 2.29 bits per heavy atom. The van der Waals surface area contributed by atoms with Gasteiger partial charge in [-0.3, -0.25) is 13.9 Å². The van der Waals surface area contributed by atoms with Crippen LogP contribution in [-0.2, 0) is 26.2 Å². The number of methoxy groups -OCH3 is 1. The Bertz CT molecular complexity index is 1180. The predicted molar refractivity (Wildman–Crippen MR) is 140 cm³/mol. The van der Waals surface area contributed by atoms with Crippen LogP contribution in [0, 0.1) is 0 Å². The van der Waals surface area contributed by atoms with Gasteiger partial charge in [0.1, 0.15) is 18.3 Å². The maximum atomic E-state index is 13.6. The Kier molecular flexibility index (Phi) is 10.5. The van der Waals surface area contributed by atoms with Crippen LogP contribution in [0.1, 0.15) is 25.8 Å². The van der Waals surface area contributed by atoms with Crippen LogP contribution >= 0.6 is 34.8 Å². The molecular weight excluding hydrogens is 537 g/mol. The molecular formula is C23H28Cl3N3O5S. The van der Waals surface area contributed by atoms with Crippen LogP contribution < -0.4 is 14.4 Å². The van der Waals surface area contributed by atoms with E-state index in [9.17, 15) is 18.0 Å². The Labute approximate surface area is 221 Å². The number of nitrogens with zero attached hydrogens (tertiary/aromatic N) is 2. The molecule has 0 heterocycles. The maximum absolute atomic E-state index is 13.6. The molecule has 0 aliphatic heterocycles. The molecule has 0 fully saturated rings. The van der Waals surface area contributed by atoms with Gasteiger partial charge in [0, 0.05) is 13.1 Å². The zero-order valence-electron chi connectivity index (χ0n) is 19.8. The third kappa shape index (κ3) is 7.64. The minimum Gasteiger partial charge on any atom is -0.497 e. The highest BCUT2D eigenvalue weighted by molar-refractivity contribution is 7.92. The standard InChI is InChI=1S/C23H28Cl3N3O5S/c1-5-20(23(31)27-6-2)28(13-15-8-7-9-16(10-15)34-3)22(30)14-29(35(4,32)33)21-12-18(25)17(24)11-19(21)26/h7-12,20H,5-6,13-14H2,1-4H3,(H,27,31). The molecule has 1 atom stereocenters. The predicted octanol–water partition coefficient (Wildman–Crippen LogP) is 4.36. The Balaban J connectivity index is 2.51. The lowest BCUT2D eigenvalue weighted by molar-refractivity contribution is -0.140. The number of hydrogen-bond acceptors (Lipinski definition) is 5. The Morgan fingerprint density at radius 1 is 1.06 bits per heavy atom. The summed E-state index contributed by atoms with van der Waals surface area (Å²) in [5.74, 6) is -0.357. The van der Waals surface area contributed by atoms with Gasteiger partial charge in [-0.25, -0.2) is 8.42 Å². The van der Waals surface area contributed by atoms with E-state index in [1.807, 2.05) is 0 Å². The summed E-state index contributed by atoms with van der Waals surface area (Å²) in [7, 11) is -2.44. The molecule has 8 nitrogen and oxygen atoms in total. The van der Waals surface area contributed by atoms with Gasteiger partial charge >= 0.3 is 0 Å². The number of rotatable bonds is 11. The van der Waals surface area contributed by atoms with Crippen LogP contribution in [0.3, 0.4) is 0 Å². The molecule has 0 saturated heterocycles. The van der Waals surface area contributed by atoms with E-state index in [-0.39, 0.29) is 33.2 Å². The highest BCUT2D eigenvalue weighted by atomic mass is 35.5. The van der Waals surface area contributed by atoms with Crippen LogP contribution in [0.25, 0.3) is 0 Å². The normalized spacial score (nSPS) is 12.1. The first-order valence-electron chi connectivity index (χ1n) is 10.7. The second kappa shape index (κ2) is 12.7. The Morgan fingerprint density at radius 2 is 1.71 bits per heavy atom. The number of nitrogens with one attached hydrogen (secondary N) is 1. The second-order valence-corrected chi connectivity index (χ2v) is 10.8. The number of sulfonamides is 1. The summed E-state index contributed by atoms with van der Waals surface area (Å²) in [5.41, 5.74) is 0.711. The van der Waals surface area contributed by atoms with Crippen molar-refractivity contribution in [2.75, 3.05) is 30.8 Å². The smallest absolute Gasteiger partial charge is 0.244 e. The van der Waals surface area contributed by atoms with Crippen molar-refractivity contribution < 1.29 is 22.7 Å². The van der Waals surface area contributed by atoms with Crippen molar-refractivity contribution in [3.8, 4) is 5.75 Å². The number of likely N-dealkylation sites (N-methyl/N-ethyl adjacent to an activating group) is 1. The van der Waals surface area contributed by atoms with Crippen molar-refractivity contribution in [1.29, 1.82) is 0 Å². The van der Waals surface area contributed by atoms with Crippen molar-refractivity contribution in [1.82, 2.24) is 10.2 Å². The molecule has 0 aliphatic rings. The molecule has 0 saturated carbocycles. The number of ether oxygens (including phenoxy) is 1. The average Bonchev–Trinajstić information content (AvgIpc) is 2.79. The van der Waals surface area contributed by atoms with Crippen LogP contribution in [0.15, 0.2) is 36.4 Å². The number of amides is 2. The number of anilines is 1. The van der Waals surface area contributed by atoms with Gasteiger partial charge in [0.25, 0.3) is 0 Å². The molecule has 0 aliphatic carbocycles. The largest absolute Gasteiger partial charge is 0.497 e. The summed E-state index contributed by atoms with van der Waals surface area (Å²) in [6.45, 7) is 3.38. The molecule has 192 valence electrons. The molecule has 2 aromatic carbocycles. The van der Waals surface area contributed by atoms with E-state index in [0.29, 0.717) is 24.3 Å². The molecule has 0 spiro atoms. The fourth-order valence-corrected chi connectivity index (χ4v) is 5.02. The fourth-order valence-electron chi connectivity index (χ4n) is 3.48. The van der Waals surface area contributed by atoms with Crippen molar-refractivity contribution in [2.24, 2.45) is 0 Å². The first kappa shape index (κ1) is 29.0. The molecule has 1 N–H and O–H groups in total. The van der Waals surface area contributed by atoms with E-state index < -0.39 is 28.5 Å². The molecule has 2 amide bonds. The van der Waals surface area contributed by atoms with Crippen LogP contribution in [0.2, 0.25) is 15.1 Å². The monoisotopic (exact) mass is 563 g/mol. The first-order valence-corrected chi connectivity index (χ1v) is 13.7. The molecule has 2 rings (SSSR count). The number of benzene rings is 2. The van der Waals surface area contributed by atoms with Gasteiger partial charge in [0.05, 0.1) is 34.1 Å². The molecule has 0 radical (unpaired) electrons. The summed E-state index contributed by atoms with van der Waals surface area (Å²) in [4.78, 5) is 27.8. The summed E-state index contributed by atoms with van der Waals surface area (Å²) in [6.07, 6.45) is 1.26. The topological polar surface area (TPSA) is 96.0 Å². The first-order chi connectivity index (χ1) is 16.4. The zero-order chi connectivity index (χ0) is 26.3. The van der Waals surface area contributed by atoms with Gasteiger partial charge < -0.3 is 15.0 Å². The highest BCUT2D eigenvalue weighted by Gasteiger charge is 2.32. The SMILES string of the molecule is CCNC(=O)C(CC)N(Cc1cccc(OC)c1)C(=O)CN(c1cc(Cl)c(Cl)cc1Cl)S(C)(=O)=O. The number of halogens is 3. The van der Waals surface area contributed by atoms with Gasteiger partial charge in [-0.1, -0.05) is 53.9 Å². The second-order valence-electron chi connectivity index (χ2n) is 7.68. The summed E-state index contributed by atoms with van der Waals surface area (Å²) in [6, 6.07) is 8.82. The molecule has 2 aromatic rings.